The Bertz CT molecular complexity index is 1030. The van der Waals surface area contributed by atoms with Crippen LogP contribution in [-0.2, 0) is 4.79 Å². The molecule has 0 bridgehead atoms. The third-order valence-corrected chi connectivity index (χ3v) is 5.07. The molecule has 0 aliphatic rings. The van der Waals surface area contributed by atoms with Gasteiger partial charge in [0.2, 0.25) is 0 Å². The fourth-order valence-corrected chi connectivity index (χ4v) is 3.41. The van der Waals surface area contributed by atoms with Gasteiger partial charge in [0.15, 0.2) is 0 Å². The first kappa shape index (κ1) is 21.3. The summed E-state index contributed by atoms with van der Waals surface area (Å²) in [6.07, 6.45) is 2.99. The number of hydrogen-bond acceptors (Lipinski definition) is 5. The van der Waals surface area contributed by atoms with Crippen molar-refractivity contribution in [3.05, 3.63) is 83.9 Å². The summed E-state index contributed by atoms with van der Waals surface area (Å²) in [7, 11) is 1.55. The molecule has 0 atom stereocenters. The van der Waals surface area contributed by atoms with E-state index in [1.165, 1.54) is 12.3 Å². The Labute approximate surface area is 179 Å². The Morgan fingerprint density at radius 1 is 1.07 bits per heavy atom. The fraction of sp³-hybridized carbons (Fsp3) is 0.130. The molecule has 0 radical (unpaired) electrons. The van der Waals surface area contributed by atoms with Crippen LogP contribution in [0.2, 0.25) is 0 Å². The van der Waals surface area contributed by atoms with Crippen LogP contribution in [0.1, 0.15) is 23.0 Å². The maximum absolute atomic E-state index is 13.0. The number of nitrogens with one attached hydrogen (secondary N) is 2. The summed E-state index contributed by atoms with van der Waals surface area (Å²) in [5.74, 6) is 1.10. The molecular weight excluding hydrogens is 400 g/mol. The van der Waals surface area contributed by atoms with Gasteiger partial charge in [0.05, 0.1) is 19.1 Å². The zero-order chi connectivity index (χ0) is 21.3. The molecule has 0 aliphatic heterocycles. The lowest BCUT2D eigenvalue weighted by Gasteiger charge is -2.13. The molecule has 0 saturated heterocycles. The van der Waals surface area contributed by atoms with Gasteiger partial charge in [-0.25, -0.2) is 0 Å². The number of rotatable bonds is 8. The number of para-hydroxylation sites is 1. The van der Waals surface area contributed by atoms with Gasteiger partial charge >= 0.3 is 0 Å². The predicted molar refractivity (Wildman–Crippen MR) is 119 cm³/mol. The van der Waals surface area contributed by atoms with E-state index in [4.69, 9.17) is 9.15 Å². The van der Waals surface area contributed by atoms with Crippen LogP contribution in [0.15, 0.2) is 81.9 Å². The second kappa shape index (κ2) is 10.4. The van der Waals surface area contributed by atoms with Gasteiger partial charge in [-0.15, -0.1) is 11.8 Å². The van der Waals surface area contributed by atoms with Crippen LogP contribution in [-0.4, -0.2) is 24.7 Å². The zero-order valence-corrected chi connectivity index (χ0v) is 17.5. The summed E-state index contributed by atoms with van der Waals surface area (Å²) in [4.78, 5) is 26.7. The third-order valence-electron chi connectivity index (χ3n) is 4.11. The van der Waals surface area contributed by atoms with E-state index in [2.05, 4.69) is 10.6 Å². The largest absolute Gasteiger partial charge is 0.497 e. The lowest BCUT2D eigenvalue weighted by atomic mass is 10.2. The number of methoxy groups -OCH3 is 1. The molecule has 0 saturated carbocycles. The Kier molecular flexibility index (Phi) is 7.34. The van der Waals surface area contributed by atoms with Crippen LogP contribution in [0, 0.1) is 0 Å². The first-order valence-electron chi connectivity index (χ1n) is 9.34. The molecule has 1 heterocycles. The molecule has 154 valence electrons. The SMILES string of the molecule is CCSc1ccccc1NC(=O)/C(=C/c1ccco1)NC(=O)c1ccc(OC)cc1. The minimum Gasteiger partial charge on any atom is -0.497 e. The van der Waals surface area contributed by atoms with E-state index in [0.717, 1.165) is 10.6 Å². The Morgan fingerprint density at radius 2 is 1.83 bits per heavy atom. The molecule has 0 unspecified atom stereocenters. The van der Waals surface area contributed by atoms with Crippen LogP contribution in [0.3, 0.4) is 0 Å². The van der Waals surface area contributed by atoms with Gasteiger partial charge in [0, 0.05) is 16.5 Å². The Hall–Kier alpha value is -3.45. The van der Waals surface area contributed by atoms with E-state index in [0.29, 0.717) is 22.8 Å². The minimum atomic E-state index is -0.447. The van der Waals surface area contributed by atoms with Crippen molar-refractivity contribution in [1.82, 2.24) is 5.32 Å². The summed E-state index contributed by atoms with van der Waals surface area (Å²) >= 11 is 1.62. The standard InChI is InChI=1S/C23H22N2O4S/c1-3-30-21-9-5-4-8-19(21)24-23(27)20(15-18-7-6-14-29-18)25-22(26)16-10-12-17(28-2)13-11-16/h4-15H,3H2,1-2H3,(H,24,27)(H,25,26)/b20-15-. The molecule has 2 aromatic carbocycles. The van der Waals surface area contributed by atoms with Gasteiger partial charge in [-0.3, -0.25) is 9.59 Å². The summed E-state index contributed by atoms with van der Waals surface area (Å²) in [6.45, 7) is 2.04. The smallest absolute Gasteiger partial charge is 0.272 e. The number of carbonyl (C=O) groups excluding carboxylic acids is 2. The van der Waals surface area contributed by atoms with Crippen LogP contribution >= 0.6 is 11.8 Å². The van der Waals surface area contributed by atoms with E-state index >= 15 is 0 Å². The maximum atomic E-state index is 13.0. The first-order valence-corrected chi connectivity index (χ1v) is 10.3. The average molecular weight is 423 g/mol. The van der Waals surface area contributed by atoms with Gasteiger partial charge in [-0.1, -0.05) is 19.1 Å². The quantitative estimate of drug-likeness (QED) is 0.402. The van der Waals surface area contributed by atoms with Crippen molar-refractivity contribution in [3.63, 3.8) is 0 Å². The molecule has 0 aliphatic carbocycles. The van der Waals surface area contributed by atoms with E-state index in [-0.39, 0.29) is 5.70 Å². The monoisotopic (exact) mass is 422 g/mol. The van der Waals surface area contributed by atoms with E-state index in [9.17, 15) is 9.59 Å². The lowest BCUT2D eigenvalue weighted by Crippen LogP contribution is -2.30. The van der Waals surface area contributed by atoms with Gasteiger partial charge in [0.25, 0.3) is 11.8 Å². The van der Waals surface area contributed by atoms with E-state index in [1.807, 2.05) is 31.2 Å². The second-order valence-corrected chi connectivity index (χ2v) is 7.45. The molecule has 2 N–H and O–H groups in total. The topological polar surface area (TPSA) is 80.6 Å². The lowest BCUT2D eigenvalue weighted by molar-refractivity contribution is -0.113. The molecular formula is C23H22N2O4S. The molecule has 7 heteroatoms. The molecule has 3 aromatic rings. The van der Waals surface area contributed by atoms with Crippen molar-refractivity contribution in [2.75, 3.05) is 18.2 Å². The maximum Gasteiger partial charge on any atom is 0.272 e. The average Bonchev–Trinajstić information content (AvgIpc) is 3.28. The number of benzene rings is 2. The molecule has 6 nitrogen and oxygen atoms in total. The molecule has 3 rings (SSSR count). The third kappa shape index (κ3) is 5.55. The highest BCUT2D eigenvalue weighted by molar-refractivity contribution is 7.99. The number of carbonyl (C=O) groups is 2. The van der Waals surface area contributed by atoms with Crippen molar-refractivity contribution >= 4 is 35.3 Å². The number of thioether (sulfide) groups is 1. The van der Waals surface area contributed by atoms with Crippen molar-refractivity contribution in [2.24, 2.45) is 0 Å². The first-order chi connectivity index (χ1) is 14.6. The molecule has 30 heavy (non-hydrogen) atoms. The molecule has 2 amide bonds. The number of furan rings is 1. The minimum absolute atomic E-state index is 0.0714. The summed E-state index contributed by atoms with van der Waals surface area (Å²) < 4.78 is 10.4. The van der Waals surface area contributed by atoms with E-state index in [1.54, 1.807) is 55.3 Å². The zero-order valence-electron chi connectivity index (χ0n) is 16.7. The van der Waals surface area contributed by atoms with Crippen molar-refractivity contribution in [1.29, 1.82) is 0 Å². The van der Waals surface area contributed by atoms with Crippen molar-refractivity contribution < 1.29 is 18.7 Å². The number of anilines is 1. The van der Waals surface area contributed by atoms with Gasteiger partial charge in [-0.05, 0) is 54.3 Å². The summed E-state index contributed by atoms with van der Waals surface area (Å²) in [5, 5.41) is 5.56. The number of ether oxygens (including phenoxy) is 1. The van der Waals surface area contributed by atoms with E-state index < -0.39 is 11.8 Å². The molecule has 0 spiro atoms. The molecule has 0 fully saturated rings. The highest BCUT2D eigenvalue weighted by Crippen LogP contribution is 2.27. The van der Waals surface area contributed by atoms with Gasteiger partial charge in [-0.2, -0.15) is 0 Å². The number of hydrogen-bond donors (Lipinski definition) is 2. The Morgan fingerprint density at radius 3 is 2.50 bits per heavy atom. The molecule has 1 aromatic heterocycles. The van der Waals surface area contributed by atoms with Gasteiger partial charge < -0.3 is 19.8 Å². The van der Waals surface area contributed by atoms with Crippen LogP contribution in [0.5, 0.6) is 5.75 Å². The van der Waals surface area contributed by atoms with Crippen LogP contribution < -0.4 is 15.4 Å². The van der Waals surface area contributed by atoms with Crippen LogP contribution in [0.25, 0.3) is 6.08 Å². The van der Waals surface area contributed by atoms with Crippen molar-refractivity contribution in [3.8, 4) is 5.75 Å². The predicted octanol–water partition coefficient (Wildman–Crippen LogP) is 4.81. The highest BCUT2D eigenvalue weighted by Gasteiger charge is 2.17. The Balaban J connectivity index is 1.84. The number of amides is 2. The summed E-state index contributed by atoms with van der Waals surface area (Å²) in [6, 6.07) is 17.6. The van der Waals surface area contributed by atoms with Crippen molar-refractivity contribution in [2.45, 2.75) is 11.8 Å². The summed E-state index contributed by atoms with van der Waals surface area (Å²) in [5.41, 5.74) is 1.15. The van der Waals surface area contributed by atoms with Crippen LogP contribution in [0.4, 0.5) is 5.69 Å². The second-order valence-electron chi connectivity index (χ2n) is 6.14. The fourth-order valence-electron chi connectivity index (χ4n) is 2.65. The highest BCUT2D eigenvalue weighted by atomic mass is 32.2. The normalized spacial score (nSPS) is 11.1. The van der Waals surface area contributed by atoms with Gasteiger partial charge in [0.1, 0.15) is 17.2 Å².